The van der Waals surface area contributed by atoms with E-state index in [1.54, 1.807) is 0 Å². The fourth-order valence-electron chi connectivity index (χ4n) is 13.7. The number of aromatic amines is 5. The summed E-state index contributed by atoms with van der Waals surface area (Å²) in [5.74, 6) is 2.94. The molecule has 0 aliphatic heterocycles. The Hall–Kier alpha value is -9.95. The predicted molar refractivity (Wildman–Crippen MR) is 444 cm³/mol. The first kappa shape index (κ1) is 83.7. The molecule has 0 spiro atoms. The molecule has 0 fully saturated rings. The number of ether oxygens (including phenoxy) is 5. The van der Waals surface area contributed by atoms with Gasteiger partial charge in [-0.15, -0.1) is 0 Å². The standard InChI is InChI=1S/C23H30N2O.C19H22N2O.C18H26N2O2.C16H22N2O2.C14H18N2O2/c1-17(2)25(18(3)4)14-13-20-15-24-21-11-8-12-22(23(20)21)26-16-19-9-6-5-7-10-19;1-21(2)11-10-16-13-20-19-9-8-17(12-18(16)19)22-14-15-6-4-3-5-7-15;1-12(2)20(13(3)4)10-9-15-11-19-16-7-6-8-17(18(15)16)22-14(5)21;1-4-18(5-2)10-9-13-11-17-14-7-6-8-15(16(13)14)20-12(3)19;1-10(17)18-13-6-4-5-12-14(13)11(9-15-12)7-8-16(2)3/h5-12,15,17-18,24H,13-14,16H2,1-4H3;3-9,12-13,20H,10-11,14H2,1-2H3;6-8,11-13,19H,9-10H2,1-5H3;6-8,11,17H,4-5,9-10H2,1-3H3;4-6,9,15H,7-8H2,1-3H3. The van der Waals surface area contributed by atoms with E-state index in [4.69, 9.17) is 23.7 Å². The molecule has 18 nitrogen and oxygen atoms in total. The molecule has 12 aromatic rings. The van der Waals surface area contributed by atoms with Gasteiger partial charge in [0.05, 0.1) is 0 Å². The number of nitrogens with zero attached hydrogens (tertiary/aromatic N) is 5. The third kappa shape index (κ3) is 24.8. The first-order valence-corrected chi connectivity index (χ1v) is 38.3. The van der Waals surface area contributed by atoms with E-state index in [-0.39, 0.29) is 17.9 Å². The van der Waals surface area contributed by atoms with Crippen molar-refractivity contribution >= 4 is 72.4 Å². The molecule has 0 aliphatic rings. The molecule has 0 saturated heterocycles. The highest BCUT2D eigenvalue weighted by Crippen LogP contribution is 2.34. The molecule has 0 bridgehead atoms. The van der Waals surface area contributed by atoms with Crippen molar-refractivity contribution in [1.29, 1.82) is 0 Å². The van der Waals surface area contributed by atoms with Gasteiger partial charge in [-0.25, -0.2) is 0 Å². The second kappa shape index (κ2) is 42.0. The summed E-state index contributed by atoms with van der Waals surface area (Å²) in [5, 5.41) is 5.53. The van der Waals surface area contributed by atoms with E-state index in [0.29, 0.717) is 54.6 Å². The maximum absolute atomic E-state index is 11.3. The van der Waals surface area contributed by atoms with E-state index in [1.165, 1.54) is 76.0 Å². The molecule has 5 N–H and O–H groups in total. The molecule has 7 aromatic carbocycles. The normalized spacial score (nSPS) is 11.5. The van der Waals surface area contributed by atoms with Crippen molar-refractivity contribution in [2.45, 2.75) is 159 Å². The van der Waals surface area contributed by atoms with Gasteiger partial charge < -0.3 is 63.3 Å². The van der Waals surface area contributed by atoms with Gasteiger partial charge in [0.15, 0.2) is 0 Å². The average molecular weight is 1470 g/mol. The highest BCUT2D eigenvalue weighted by molar-refractivity contribution is 5.94. The van der Waals surface area contributed by atoms with Crippen LogP contribution < -0.4 is 23.7 Å². The van der Waals surface area contributed by atoms with Crippen molar-refractivity contribution in [3.63, 3.8) is 0 Å². The molecule has 108 heavy (non-hydrogen) atoms. The maximum Gasteiger partial charge on any atom is 0.308 e. The van der Waals surface area contributed by atoms with Crippen molar-refractivity contribution < 1.29 is 38.1 Å². The Morgan fingerprint density at radius 1 is 0.352 bits per heavy atom. The van der Waals surface area contributed by atoms with Gasteiger partial charge in [-0.3, -0.25) is 24.2 Å². The number of carbonyl (C=O) groups excluding carboxylic acids is 3. The van der Waals surface area contributed by atoms with Crippen molar-refractivity contribution in [1.82, 2.24) is 49.4 Å². The van der Waals surface area contributed by atoms with Crippen molar-refractivity contribution in [2.75, 3.05) is 74.0 Å². The number of aromatic nitrogens is 5. The van der Waals surface area contributed by atoms with Gasteiger partial charge in [-0.2, -0.15) is 0 Å². The molecule has 5 aromatic heterocycles. The fraction of sp³-hybridized carbons (Fsp3) is 0.389. The summed E-state index contributed by atoms with van der Waals surface area (Å²) >= 11 is 0. The number of benzene rings is 7. The number of H-pyrrole nitrogens is 5. The van der Waals surface area contributed by atoms with E-state index < -0.39 is 0 Å². The Morgan fingerprint density at radius 3 is 1.04 bits per heavy atom. The third-order valence-corrected chi connectivity index (χ3v) is 19.2. The fourth-order valence-corrected chi connectivity index (χ4v) is 13.7. The van der Waals surface area contributed by atoms with Gasteiger partial charge >= 0.3 is 17.9 Å². The topological polar surface area (TPSA) is 193 Å². The van der Waals surface area contributed by atoms with E-state index in [0.717, 1.165) is 128 Å². The van der Waals surface area contributed by atoms with Crippen molar-refractivity contribution in [3.05, 3.63) is 222 Å². The van der Waals surface area contributed by atoms with E-state index in [1.807, 2.05) is 130 Å². The van der Waals surface area contributed by atoms with E-state index in [9.17, 15) is 14.4 Å². The lowest BCUT2D eigenvalue weighted by atomic mass is 10.1. The second-order valence-electron chi connectivity index (χ2n) is 29.1. The largest absolute Gasteiger partial charge is 0.489 e. The summed E-state index contributed by atoms with van der Waals surface area (Å²) in [5.41, 5.74) is 13.9. The van der Waals surface area contributed by atoms with Crippen LogP contribution in [0.3, 0.4) is 0 Å². The first-order chi connectivity index (χ1) is 51.9. The summed E-state index contributed by atoms with van der Waals surface area (Å²) in [4.78, 5) is 61.8. The van der Waals surface area contributed by atoms with Crippen molar-refractivity contribution in [3.8, 4) is 28.7 Å². The Labute approximate surface area is 640 Å². The van der Waals surface area contributed by atoms with Crippen LogP contribution in [0.5, 0.6) is 28.7 Å². The zero-order valence-electron chi connectivity index (χ0n) is 67.0. The zero-order valence-corrected chi connectivity index (χ0v) is 67.0. The summed E-state index contributed by atoms with van der Waals surface area (Å²) in [6.07, 6.45) is 15.1. The van der Waals surface area contributed by atoms with Gasteiger partial charge in [0.1, 0.15) is 42.0 Å². The van der Waals surface area contributed by atoms with Crippen LogP contribution in [0.4, 0.5) is 0 Å². The lowest BCUT2D eigenvalue weighted by molar-refractivity contribution is -0.132. The molecule has 12 rings (SSSR count). The highest BCUT2D eigenvalue weighted by atomic mass is 16.5. The molecule has 18 heteroatoms. The predicted octanol–water partition coefficient (Wildman–Crippen LogP) is 18.2. The number of hydrogen-bond acceptors (Lipinski definition) is 13. The number of esters is 3. The van der Waals surface area contributed by atoms with Crippen LogP contribution in [-0.2, 0) is 59.7 Å². The molecule has 0 atom stereocenters. The monoisotopic (exact) mass is 1470 g/mol. The number of carbonyl (C=O) groups is 3. The lowest BCUT2D eigenvalue weighted by Crippen LogP contribution is -2.38. The number of fused-ring (bicyclic) bond motifs is 5. The quantitative estimate of drug-likeness (QED) is 0.0211. The molecule has 0 radical (unpaired) electrons. The minimum atomic E-state index is -0.290. The van der Waals surface area contributed by atoms with Crippen molar-refractivity contribution in [2.24, 2.45) is 0 Å². The van der Waals surface area contributed by atoms with Crippen LogP contribution in [0.1, 0.15) is 129 Å². The summed E-state index contributed by atoms with van der Waals surface area (Å²) in [6, 6.07) is 52.4. The van der Waals surface area contributed by atoms with Gasteiger partial charge in [-0.05, 0) is 234 Å². The first-order valence-electron chi connectivity index (χ1n) is 38.3. The number of nitrogens with one attached hydrogen (secondary N) is 5. The van der Waals surface area contributed by atoms with Crippen LogP contribution in [0.25, 0.3) is 54.5 Å². The Kier molecular flexibility index (Phi) is 32.5. The number of rotatable bonds is 30. The summed E-state index contributed by atoms with van der Waals surface area (Å²) in [7, 11) is 8.29. The minimum Gasteiger partial charge on any atom is -0.489 e. The van der Waals surface area contributed by atoms with Crippen LogP contribution in [0, 0.1) is 0 Å². The lowest BCUT2D eigenvalue weighted by Gasteiger charge is -2.30. The smallest absolute Gasteiger partial charge is 0.308 e. The minimum absolute atomic E-state index is 0.284. The summed E-state index contributed by atoms with van der Waals surface area (Å²) in [6.45, 7) is 34.9. The molecular formula is C90H118N10O8. The van der Waals surface area contributed by atoms with Gasteiger partial charge in [0, 0.05) is 163 Å². The van der Waals surface area contributed by atoms with Crippen LogP contribution >= 0.6 is 0 Å². The Bertz CT molecular complexity index is 4690. The molecule has 5 heterocycles. The third-order valence-electron chi connectivity index (χ3n) is 19.2. The molecule has 0 saturated carbocycles. The SMILES string of the molecule is CC(=O)Oc1cccc2[nH]cc(CCN(C(C)C)C(C)C)c12.CC(=O)Oc1cccc2[nH]cc(CCN(C)C)c12.CC(C)N(CCc1c[nH]c2cccc(OCc3ccccc3)c12)C(C)C.CCN(CC)CCc1c[nH]c2cccc(OC(C)=O)c12.CN(C)CCc1c[nH]c2ccc(OCc3ccccc3)cc12. The van der Waals surface area contributed by atoms with E-state index >= 15 is 0 Å². The Balaban J connectivity index is 0.000000171. The Morgan fingerprint density at radius 2 is 0.676 bits per heavy atom. The van der Waals surface area contributed by atoms with Gasteiger partial charge in [0.25, 0.3) is 0 Å². The molecule has 0 unspecified atom stereocenters. The van der Waals surface area contributed by atoms with Crippen LogP contribution in [0.15, 0.2) is 183 Å². The molecular weight excluding hydrogens is 1350 g/mol. The molecule has 576 valence electrons. The second-order valence-corrected chi connectivity index (χ2v) is 29.1. The van der Waals surface area contributed by atoms with Crippen LogP contribution in [-0.4, -0.2) is 165 Å². The number of hydrogen-bond donors (Lipinski definition) is 5. The summed E-state index contributed by atoms with van der Waals surface area (Å²) < 4.78 is 28.0. The maximum atomic E-state index is 11.3. The number of likely N-dealkylation sites (N-methyl/N-ethyl adjacent to an activating group) is 3. The van der Waals surface area contributed by atoms with Gasteiger partial charge in [0.2, 0.25) is 0 Å². The molecule has 0 aliphatic carbocycles. The zero-order chi connectivity index (χ0) is 77.8. The van der Waals surface area contributed by atoms with Gasteiger partial charge in [-0.1, -0.05) is 98.8 Å². The highest BCUT2D eigenvalue weighted by Gasteiger charge is 2.20. The molecule has 0 amide bonds. The average Bonchev–Trinajstić information content (AvgIpc) is 1.66. The van der Waals surface area contributed by atoms with E-state index in [2.05, 4.69) is 200 Å². The van der Waals surface area contributed by atoms with Crippen LogP contribution in [0.2, 0.25) is 0 Å².